The lowest BCUT2D eigenvalue weighted by atomic mass is 10.2. The van der Waals surface area contributed by atoms with Crippen LogP contribution in [0.25, 0.3) is 0 Å². The molecule has 0 bridgehead atoms. The van der Waals surface area contributed by atoms with Gasteiger partial charge in [-0.25, -0.2) is 0 Å². The molecule has 0 heterocycles. The summed E-state index contributed by atoms with van der Waals surface area (Å²) in [5.41, 5.74) is 0. The Balaban J connectivity index is 4.22. The second-order valence-corrected chi connectivity index (χ2v) is 7.18. The molecule has 20 heavy (non-hydrogen) atoms. The minimum absolute atomic E-state index is 0.0324. The summed E-state index contributed by atoms with van der Waals surface area (Å²) in [5, 5.41) is 0. The first kappa shape index (κ1) is 20.5. The van der Waals surface area contributed by atoms with E-state index in [0.29, 0.717) is 39.6 Å². The zero-order valence-corrected chi connectivity index (χ0v) is 14.8. The van der Waals surface area contributed by atoms with Crippen molar-refractivity contribution in [1.82, 2.24) is 0 Å². The molecule has 0 aromatic carbocycles. The molecule has 0 aromatic heterocycles. The van der Waals surface area contributed by atoms with Crippen LogP contribution in [0.5, 0.6) is 0 Å². The molecule has 0 saturated carbocycles. The van der Waals surface area contributed by atoms with Crippen LogP contribution in [0.2, 0.25) is 0 Å². The molecule has 0 aliphatic heterocycles. The van der Waals surface area contributed by atoms with Crippen LogP contribution in [-0.4, -0.2) is 45.7 Å². The fourth-order valence-corrected chi connectivity index (χ4v) is 3.71. The van der Waals surface area contributed by atoms with Gasteiger partial charge in [0.05, 0.1) is 32.5 Å². The second kappa shape index (κ2) is 13.1. The van der Waals surface area contributed by atoms with E-state index in [1.165, 1.54) is 0 Å². The SMILES string of the molecule is CCCC(C)OP(=S)(OCCOCC)OCCOCC. The largest absolute Gasteiger partial charge is 0.379 e. The van der Waals surface area contributed by atoms with Gasteiger partial charge in [0.15, 0.2) is 0 Å². The van der Waals surface area contributed by atoms with Crippen molar-refractivity contribution >= 4 is 18.5 Å². The van der Waals surface area contributed by atoms with Gasteiger partial charge < -0.3 is 23.0 Å². The lowest BCUT2D eigenvalue weighted by Gasteiger charge is -2.25. The topological polar surface area (TPSA) is 46.2 Å². The molecule has 0 aliphatic carbocycles. The molecule has 7 heteroatoms. The molecule has 122 valence electrons. The highest BCUT2D eigenvalue weighted by Gasteiger charge is 2.23. The van der Waals surface area contributed by atoms with Crippen molar-refractivity contribution in [3.8, 4) is 0 Å². The van der Waals surface area contributed by atoms with Gasteiger partial charge >= 0.3 is 6.72 Å². The van der Waals surface area contributed by atoms with E-state index in [9.17, 15) is 0 Å². The average Bonchev–Trinajstić information content (AvgIpc) is 2.40. The van der Waals surface area contributed by atoms with Crippen molar-refractivity contribution in [2.24, 2.45) is 0 Å². The molecule has 0 rings (SSSR count). The Bertz CT molecular complexity index is 249. The molecular formula is C13H29O5PS. The minimum atomic E-state index is -2.71. The van der Waals surface area contributed by atoms with E-state index in [1.54, 1.807) is 0 Å². The normalized spacial score (nSPS) is 13.6. The van der Waals surface area contributed by atoms with Crippen LogP contribution in [0.1, 0.15) is 40.5 Å². The van der Waals surface area contributed by atoms with Crippen LogP contribution in [-0.2, 0) is 34.9 Å². The highest BCUT2D eigenvalue weighted by atomic mass is 32.5. The first-order valence-electron chi connectivity index (χ1n) is 7.30. The third-order valence-corrected chi connectivity index (χ3v) is 4.87. The van der Waals surface area contributed by atoms with E-state index in [1.807, 2.05) is 20.8 Å². The predicted octanol–water partition coefficient (Wildman–Crippen LogP) is 3.52. The van der Waals surface area contributed by atoms with Crippen molar-refractivity contribution in [2.75, 3.05) is 39.6 Å². The van der Waals surface area contributed by atoms with E-state index >= 15 is 0 Å². The maximum Gasteiger partial charge on any atom is 0.327 e. The Labute approximate surface area is 128 Å². The molecule has 5 nitrogen and oxygen atoms in total. The predicted molar refractivity (Wildman–Crippen MR) is 84.6 cm³/mol. The first-order chi connectivity index (χ1) is 9.58. The maximum atomic E-state index is 5.81. The summed E-state index contributed by atoms with van der Waals surface area (Å²) >= 11 is 5.42. The molecule has 0 radical (unpaired) electrons. The quantitative estimate of drug-likeness (QED) is 0.359. The zero-order valence-electron chi connectivity index (χ0n) is 13.1. The third kappa shape index (κ3) is 11.1. The Morgan fingerprint density at radius 1 is 0.900 bits per heavy atom. The van der Waals surface area contributed by atoms with Gasteiger partial charge in [-0.1, -0.05) is 13.3 Å². The van der Waals surface area contributed by atoms with Gasteiger partial charge in [0.2, 0.25) is 0 Å². The van der Waals surface area contributed by atoms with E-state index in [2.05, 4.69) is 6.92 Å². The fraction of sp³-hybridized carbons (Fsp3) is 1.00. The van der Waals surface area contributed by atoms with Gasteiger partial charge in [-0.3, -0.25) is 0 Å². The van der Waals surface area contributed by atoms with Crippen LogP contribution in [0, 0.1) is 0 Å². The number of hydrogen-bond donors (Lipinski definition) is 0. The molecule has 0 amide bonds. The monoisotopic (exact) mass is 328 g/mol. The summed E-state index contributed by atoms with van der Waals surface area (Å²) in [6.45, 7) is 8.34. The number of ether oxygens (including phenoxy) is 2. The molecule has 0 N–H and O–H groups in total. The van der Waals surface area contributed by atoms with Crippen LogP contribution >= 0.6 is 6.72 Å². The molecule has 0 aromatic rings. The van der Waals surface area contributed by atoms with Crippen molar-refractivity contribution in [3.05, 3.63) is 0 Å². The van der Waals surface area contributed by atoms with E-state index < -0.39 is 6.72 Å². The lowest BCUT2D eigenvalue weighted by molar-refractivity contribution is 0.0593. The van der Waals surface area contributed by atoms with Crippen LogP contribution in [0.3, 0.4) is 0 Å². The summed E-state index contributed by atoms with van der Waals surface area (Å²) in [7, 11) is 0. The Hall–Kier alpha value is 0.450. The van der Waals surface area contributed by atoms with Gasteiger partial charge in [0.1, 0.15) is 0 Å². The zero-order chi connectivity index (χ0) is 15.3. The first-order valence-corrected chi connectivity index (χ1v) is 9.86. The van der Waals surface area contributed by atoms with Gasteiger partial charge in [-0.2, -0.15) is 0 Å². The van der Waals surface area contributed by atoms with Gasteiger partial charge in [0, 0.05) is 13.2 Å². The number of hydrogen-bond acceptors (Lipinski definition) is 6. The maximum absolute atomic E-state index is 5.81. The van der Waals surface area contributed by atoms with Crippen LogP contribution < -0.4 is 0 Å². The number of rotatable bonds is 14. The molecule has 0 saturated heterocycles. The highest BCUT2D eigenvalue weighted by molar-refractivity contribution is 8.07. The van der Waals surface area contributed by atoms with Crippen molar-refractivity contribution in [1.29, 1.82) is 0 Å². The Kier molecular flexibility index (Phi) is 13.4. The van der Waals surface area contributed by atoms with Crippen molar-refractivity contribution < 1.29 is 23.0 Å². The second-order valence-electron chi connectivity index (χ2n) is 4.21. The highest BCUT2D eigenvalue weighted by Crippen LogP contribution is 2.51. The summed E-state index contributed by atoms with van der Waals surface area (Å²) in [5.74, 6) is 0. The van der Waals surface area contributed by atoms with Crippen molar-refractivity contribution in [2.45, 2.75) is 46.6 Å². The third-order valence-electron chi connectivity index (χ3n) is 2.37. The summed E-state index contributed by atoms with van der Waals surface area (Å²) in [4.78, 5) is 0. The Morgan fingerprint density at radius 2 is 1.40 bits per heavy atom. The van der Waals surface area contributed by atoms with Gasteiger partial charge in [-0.05, 0) is 39.0 Å². The summed E-state index contributed by atoms with van der Waals surface area (Å²) < 4.78 is 27.5. The van der Waals surface area contributed by atoms with E-state index in [0.717, 1.165) is 12.8 Å². The van der Waals surface area contributed by atoms with E-state index in [4.69, 9.17) is 34.9 Å². The molecule has 0 spiro atoms. The standard InChI is InChI=1S/C13H29O5PS/c1-5-8-13(4)18-19(20,16-11-9-14-6-2)17-12-10-15-7-3/h13H,5-12H2,1-4H3. The van der Waals surface area contributed by atoms with E-state index in [-0.39, 0.29) is 6.10 Å². The molecule has 1 unspecified atom stereocenters. The molecule has 0 aliphatic rings. The summed E-state index contributed by atoms with van der Waals surface area (Å²) in [6.07, 6.45) is 2.00. The molecular weight excluding hydrogens is 299 g/mol. The average molecular weight is 328 g/mol. The Morgan fingerprint density at radius 3 is 1.80 bits per heavy atom. The minimum Gasteiger partial charge on any atom is -0.379 e. The van der Waals surface area contributed by atoms with Gasteiger partial charge in [-0.15, -0.1) is 0 Å². The van der Waals surface area contributed by atoms with Crippen molar-refractivity contribution in [3.63, 3.8) is 0 Å². The summed E-state index contributed by atoms with van der Waals surface area (Å²) in [6, 6.07) is 0. The van der Waals surface area contributed by atoms with Crippen LogP contribution in [0.4, 0.5) is 0 Å². The fourth-order valence-electron chi connectivity index (χ4n) is 1.48. The molecule has 0 fully saturated rings. The van der Waals surface area contributed by atoms with Crippen LogP contribution in [0.15, 0.2) is 0 Å². The molecule has 1 atom stereocenters. The smallest absolute Gasteiger partial charge is 0.327 e. The van der Waals surface area contributed by atoms with Gasteiger partial charge in [0.25, 0.3) is 0 Å². The lowest BCUT2D eigenvalue weighted by Crippen LogP contribution is -2.13.